The summed E-state index contributed by atoms with van der Waals surface area (Å²) in [6, 6.07) is 4.19. The molecule has 2 heterocycles. The van der Waals surface area contributed by atoms with Crippen molar-refractivity contribution in [3.63, 3.8) is 0 Å². The molecule has 1 aliphatic carbocycles. The monoisotopic (exact) mass is 556 g/mol. The zero-order valence-corrected chi connectivity index (χ0v) is 20.9. The molecule has 1 unspecified atom stereocenters. The number of nitrogens with zero attached hydrogens (tertiary/aromatic N) is 4. The van der Waals surface area contributed by atoms with Crippen LogP contribution in [0.2, 0.25) is 0 Å². The Morgan fingerprint density at radius 1 is 1.11 bits per heavy atom. The van der Waals surface area contributed by atoms with Crippen LogP contribution in [0.15, 0.2) is 52.7 Å². The summed E-state index contributed by atoms with van der Waals surface area (Å²) in [5, 5.41) is 9.27. The Labute approximate surface area is 211 Å². The summed E-state index contributed by atoms with van der Waals surface area (Å²) in [6.45, 7) is 0. The van der Waals surface area contributed by atoms with Crippen molar-refractivity contribution in [1.29, 1.82) is 5.26 Å². The van der Waals surface area contributed by atoms with Gasteiger partial charge in [-0.2, -0.15) is 29.0 Å². The summed E-state index contributed by atoms with van der Waals surface area (Å²) in [6.07, 6.45) is -2.56. The fourth-order valence-electron chi connectivity index (χ4n) is 4.41. The molecule has 2 N–H and O–H groups in total. The quantitative estimate of drug-likeness (QED) is 0.566. The first kappa shape index (κ1) is 26.6. The Bertz CT molecular complexity index is 1510. The molecule has 0 radical (unpaired) electrons. The van der Waals surface area contributed by atoms with Gasteiger partial charge in [0.15, 0.2) is 5.78 Å². The van der Waals surface area contributed by atoms with Crippen LogP contribution in [0, 0.1) is 11.3 Å². The number of halogens is 3. The fraction of sp³-hybridized carbons (Fsp3) is 0.273. The molecule has 4 rings (SSSR count). The highest BCUT2D eigenvalue weighted by molar-refractivity contribution is 8.23. The Balaban J connectivity index is 2.05. The van der Waals surface area contributed by atoms with E-state index >= 15 is 0 Å². The number of sulfonamides is 1. The highest BCUT2D eigenvalue weighted by Gasteiger charge is 2.50. The molecule has 2 aromatic rings. The Morgan fingerprint density at radius 2 is 1.78 bits per heavy atom. The van der Waals surface area contributed by atoms with Crippen molar-refractivity contribution in [1.82, 2.24) is 9.29 Å². The minimum Gasteiger partial charge on any atom is -0.295 e. The molecule has 0 saturated carbocycles. The van der Waals surface area contributed by atoms with E-state index in [4.69, 9.17) is 0 Å². The summed E-state index contributed by atoms with van der Waals surface area (Å²) in [7, 11) is -8.09. The molecule has 2 amide bonds. The molecule has 0 bridgehead atoms. The van der Waals surface area contributed by atoms with Crippen LogP contribution in [-0.2, 0) is 21.0 Å². The summed E-state index contributed by atoms with van der Waals surface area (Å²) >= 11 is 0. The summed E-state index contributed by atoms with van der Waals surface area (Å²) in [5.74, 6) is -0.570. The van der Waals surface area contributed by atoms with E-state index in [0.29, 0.717) is 16.6 Å². The molecule has 15 heteroatoms. The number of benzene rings is 1. The van der Waals surface area contributed by atoms with Crippen molar-refractivity contribution in [2.45, 2.75) is 30.0 Å². The normalized spacial score (nSPS) is 19.2. The molecule has 0 saturated heterocycles. The summed E-state index contributed by atoms with van der Waals surface area (Å²) in [5.41, 5.74) is -1.98. The third-order valence-corrected chi connectivity index (χ3v) is 8.13. The second-order valence-corrected chi connectivity index (χ2v) is 12.4. The van der Waals surface area contributed by atoms with Crippen LogP contribution in [0.3, 0.4) is 0 Å². The molecule has 10 nitrogen and oxygen atoms in total. The average Bonchev–Trinajstić information content (AvgIpc) is 3.17. The van der Waals surface area contributed by atoms with Gasteiger partial charge in [0.25, 0.3) is 0 Å². The lowest BCUT2D eigenvalue weighted by Gasteiger charge is -2.42. The molecule has 0 spiro atoms. The van der Waals surface area contributed by atoms with Gasteiger partial charge < -0.3 is 0 Å². The van der Waals surface area contributed by atoms with Crippen LogP contribution < -0.4 is 4.90 Å². The van der Waals surface area contributed by atoms with E-state index in [2.05, 4.69) is 4.98 Å². The highest BCUT2D eigenvalue weighted by atomic mass is 32.3. The number of Topliss-reactive ketones (excluding diaryl/α,β-unsaturated/α-hetero) is 1. The second-order valence-electron chi connectivity index (χ2n) is 8.46. The van der Waals surface area contributed by atoms with Crippen LogP contribution in [0.1, 0.15) is 35.7 Å². The van der Waals surface area contributed by atoms with Crippen molar-refractivity contribution in [2.75, 3.05) is 17.4 Å². The molecule has 1 aromatic carbocycles. The number of pyridine rings is 1. The number of carbonyl (C=O) groups is 2. The summed E-state index contributed by atoms with van der Waals surface area (Å²) < 4.78 is 87.1. The van der Waals surface area contributed by atoms with E-state index in [-0.39, 0.29) is 45.8 Å². The predicted octanol–water partition coefficient (Wildman–Crippen LogP) is 4.27. The lowest BCUT2D eigenvalue weighted by atomic mass is 9.94. The number of urea groups is 1. The van der Waals surface area contributed by atoms with Crippen LogP contribution in [0.5, 0.6) is 0 Å². The first-order valence-corrected chi connectivity index (χ1v) is 14.3. The topological polar surface area (TPSA) is 152 Å². The predicted molar refractivity (Wildman–Crippen MR) is 126 cm³/mol. The van der Waals surface area contributed by atoms with Gasteiger partial charge in [0.2, 0.25) is 10.0 Å². The number of amides is 2. The number of anilines is 1. The Morgan fingerprint density at radius 3 is 2.35 bits per heavy atom. The van der Waals surface area contributed by atoms with Gasteiger partial charge in [0.05, 0.1) is 28.5 Å². The van der Waals surface area contributed by atoms with Gasteiger partial charge in [-0.25, -0.2) is 17.5 Å². The zero-order valence-electron chi connectivity index (χ0n) is 19.2. The molecular weight excluding hydrogens is 537 g/mol. The number of aromatic nitrogens is 1. The minimum absolute atomic E-state index is 0.0119. The van der Waals surface area contributed by atoms with Crippen LogP contribution >= 0.6 is 10.6 Å². The average molecular weight is 557 g/mol. The lowest BCUT2D eigenvalue weighted by molar-refractivity contribution is -0.141. The van der Waals surface area contributed by atoms with Gasteiger partial charge in [-0.05, 0) is 30.7 Å². The number of carbonyl (C=O) groups excluding carboxylic acids is 2. The molecule has 1 atom stereocenters. The Kier molecular flexibility index (Phi) is 6.36. The van der Waals surface area contributed by atoms with Crippen molar-refractivity contribution in [3.8, 4) is 6.07 Å². The third kappa shape index (κ3) is 4.68. The third-order valence-electron chi connectivity index (χ3n) is 5.86. The van der Waals surface area contributed by atoms with Crippen molar-refractivity contribution in [2.24, 2.45) is 0 Å². The number of allylic oxidation sites excluding steroid dienone is 1. The van der Waals surface area contributed by atoms with Gasteiger partial charge in [-0.1, -0.05) is 6.07 Å². The maximum Gasteiger partial charge on any atom is 0.433 e. The van der Waals surface area contributed by atoms with Gasteiger partial charge >= 0.3 is 12.2 Å². The van der Waals surface area contributed by atoms with Crippen LogP contribution in [0.4, 0.5) is 23.7 Å². The molecule has 1 aliphatic heterocycles. The number of hydrogen-bond acceptors (Lipinski definition) is 8. The first-order valence-electron chi connectivity index (χ1n) is 10.5. The van der Waals surface area contributed by atoms with E-state index in [1.807, 2.05) is 6.07 Å². The van der Waals surface area contributed by atoms with Gasteiger partial charge in [0, 0.05) is 35.7 Å². The van der Waals surface area contributed by atoms with Crippen molar-refractivity contribution >= 4 is 38.1 Å². The highest BCUT2D eigenvalue weighted by Crippen LogP contribution is 2.53. The minimum atomic E-state index is -4.86. The largest absolute Gasteiger partial charge is 0.433 e. The van der Waals surface area contributed by atoms with E-state index < -0.39 is 50.3 Å². The van der Waals surface area contributed by atoms with E-state index in [1.54, 1.807) is 0 Å². The number of alkyl halides is 3. The second kappa shape index (κ2) is 8.84. The van der Waals surface area contributed by atoms with Gasteiger partial charge in [-0.3, -0.25) is 23.8 Å². The summed E-state index contributed by atoms with van der Waals surface area (Å²) in [4.78, 5) is 30.5. The van der Waals surface area contributed by atoms with Crippen molar-refractivity contribution in [3.05, 3.63) is 64.6 Å². The maximum atomic E-state index is 13.7. The standard InChI is InChI=1S/C22H19F3N4O6S2/c1-36(32,33)17-9-12(11-26)3-4-14(17)20-19-15(5-6-16(19)30)28(21(31)29(20)37(2,34)35)13-7-8-27-18(10-13)22(23,24)25/h3-4,7-10,20,32-33H,5-6H2,1-2H3. The van der Waals surface area contributed by atoms with E-state index in [9.17, 15) is 45.5 Å². The number of rotatable bonds is 4. The molecule has 1 aromatic heterocycles. The fourth-order valence-corrected chi connectivity index (χ4v) is 6.35. The smallest absolute Gasteiger partial charge is 0.295 e. The molecule has 196 valence electrons. The van der Waals surface area contributed by atoms with E-state index in [1.165, 1.54) is 12.1 Å². The van der Waals surface area contributed by atoms with Gasteiger partial charge in [-0.15, -0.1) is 0 Å². The SMILES string of the molecule is CS(O)(O)c1cc(C#N)ccc1C1C2=C(CCC2=O)N(c2ccnc(C(F)(F)F)c2)C(=O)N1S(C)(=O)=O. The van der Waals surface area contributed by atoms with Crippen LogP contribution in [-0.4, -0.2) is 51.1 Å². The van der Waals surface area contributed by atoms with E-state index in [0.717, 1.165) is 29.5 Å². The zero-order chi connectivity index (χ0) is 27.5. The maximum absolute atomic E-state index is 13.7. The lowest BCUT2D eigenvalue weighted by Crippen LogP contribution is -2.52. The number of nitriles is 1. The number of ketones is 1. The molecule has 2 aliphatic rings. The van der Waals surface area contributed by atoms with Crippen molar-refractivity contribution < 1.29 is 40.3 Å². The molecule has 0 fully saturated rings. The van der Waals surface area contributed by atoms with Crippen LogP contribution in [0.25, 0.3) is 0 Å². The van der Waals surface area contributed by atoms with Gasteiger partial charge in [0.1, 0.15) is 11.7 Å². The first-order chi connectivity index (χ1) is 17.1. The number of hydrogen-bond donors (Lipinski definition) is 2. The Hall–Kier alpha value is -3.45. The molecular formula is C22H19F3N4O6S2. The molecule has 37 heavy (non-hydrogen) atoms.